The zero-order valence-electron chi connectivity index (χ0n) is 9.06. The van der Waals surface area contributed by atoms with Crippen LogP contribution in [0.4, 0.5) is 5.82 Å². The highest BCUT2D eigenvalue weighted by molar-refractivity contribution is 5.46. The van der Waals surface area contributed by atoms with Crippen molar-refractivity contribution >= 4 is 5.82 Å². The van der Waals surface area contributed by atoms with Crippen molar-refractivity contribution in [3.05, 3.63) is 11.3 Å². The molecule has 1 heterocycles. The molecule has 2 N–H and O–H groups in total. The summed E-state index contributed by atoms with van der Waals surface area (Å²) in [7, 11) is 0. The first-order valence-corrected chi connectivity index (χ1v) is 5.61. The van der Waals surface area contributed by atoms with Gasteiger partial charge in [-0.3, -0.25) is 5.10 Å². The number of anilines is 1. The van der Waals surface area contributed by atoms with Gasteiger partial charge in [0.1, 0.15) is 0 Å². The van der Waals surface area contributed by atoms with E-state index in [0.717, 1.165) is 12.2 Å². The Morgan fingerprint density at radius 1 is 1.43 bits per heavy atom. The standard InChI is InChI=1S/C11H19N3/c1-3-10-8(2)11(14-13-10)12-9-6-4-5-7-9/h9H,3-7H2,1-2H3,(H2,12,13,14). The molecule has 2 rings (SSSR count). The van der Waals surface area contributed by atoms with Gasteiger partial charge in [-0.05, 0) is 26.2 Å². The van der Waals surface area contributed by atoms with Crippen LogP contribution in [0, 0.1) is 6.92 Å². The number of aromatic amines is 1. The molecule has 0 unspecified atom stereocenters. The Hall–Kier alpha value is -0.990. The van der Waals surface area contributed by atoms with Crippen LogP contribution in [0.15, 0.2) is 0 Å². The molecule has 0 bridgehead atoms. The van der Waals surface area contributed by atoms with E-state index in [1.807, 2.05) is 0 Å². The number of nitrogens with one attached hydrogen (secondary N) is 2. The van der Waals surface area contributed by atoms with Gasteiger partial charge < -0.3 is 5.32 Å². The van der Waals surface area contributed by atoms with E-state index >= 15 is 0 Å². The summed E-state index contributed by atoms with van der Waals surface area (Å²) < 4.78 is 0. The Bertz CT molecular complexity index is 297. The lowest BCUT2D eigenvalue weighted by molar-refractivity contribution is 0.748. The molecule has 1 aliphatic rings. The van der Waals surface area contributed by atoms with E-state index in [4.69, 9.17) is 0 Å². The molecule has 1 saturated carbocycles. The highest BCUT2D eigenvalue weighted by Gasteiger charge is 2.17. The molecule has 0 aliphatic heterocycles. The van der Waals surface area contributed by atoms with Crippen molar-refractivity contribution in [2.24, 2.45) is 0 Å². The van der Waals surface area contributed by atoms with Crippen molar-refractivity contribution < 1.29 is 0 Å². The molecule has 78 valence electrons. The zero-order valence-corrected chi connectivity index (χ0v) is 9.06. The van der Waals surface area contributed by atoms with E-state index < -0.39 is 0 Å². The zero-order chi connectivity index (χ0) is 9.97. The molecular weight excluding hydrogens is 174 g/mol. The average Bonchev–Trinajstić information content (AvgIpc) is 2.79. The molecule has 0 radical (unpaired) electrons. The van der Waals surface area contributed by atoms with E-state index in [0.29, 0.717) is 6.04 Å². The van der Waals surface area contributed by atoms with Crippen LogP contribution in [0.5, 0.6) is 0 Å². The first-order chi connectivity index (χ1) is 6.81. The van der Waals surface area contributed by atoms with Gasteiger partial charge in [0.05, 0.1) is 0 Å². The summed E-state index contributed by atoms with van der Waals surface area (Å²) in [5.74, 6) is 1.06. The second kappa shape index (κ2) is 4.03. The molecule has 0 aromatic carbocycles. The van der Waals surface area contributed by atoms with Gasteiger partial charge in [-0.2, -0.15) is 5.10 Å². The maximum absolute atomic E-state index is 4.31. The van der Waals surface area contributed by atoms with Crippen molar-refractivity contribution in [2.75, 3.05) is 5.32 Å². The smallest absolute Gasteiger partial charge is 0.151 e. The Morgan fingerprint density at radius 3 is 2.71 bits per heavy atom. The molecule has 3 nitrogen and oxygen atoms in total. The number of H-pyrrole nitrogens is 1. The lowest BCUT2D eigenvalue weighted by Crippen LogP contribution is -2.15. The lowest BCUT2D eigenvalue weighted by Gasteiger charge is -2.11. The van der Waals surface area contributed by atoms with Crippen LogP contribution in [-0.2, 0) is 6.42 Å². The third-order valence-corrected chi connectivity index (χ3v) is 3.16. The van der Waals surface area contributed by atoms with Crippen molar-refractivity contribution in [3.8, 4) is 0 Å². The van der Waals surface area contributed by atoms with Crippen molar-refractivity contribution in [1.82, 2.24) is 10.2 Å². The summed E-state index contributed by atoms with van der Waals surface area (Å²) in [4.78, 5) is 0. The normalized spacial score (nSPS) is 17.6. The minimum absolute atomic E-state index is 0.654. The fraction of sp³-hybridized carbons (Fsp3) is 0.727. The highest BCUT2D eigenvalue weighted by Crippen LogP contribution is 2.23. The molecule has 1 aromatic rings. The van der Waals surface area contributed by atoms with Crippen LogP contribution in [-0.4, -0.2) is 16.2 Å². The second-order valence-corrected chi connectivity index (χ2v) is 4.16. The summed E-state index contributed by atoms with van der Waals surface area (Å²) in [6.07, 6.45) is 6.36. The quantitative estimate of drug-likeness (QED) is 0.774. The van der Waals surface area contributed by atoms with Gasteiger partial charge in [-0.15, -0.1) is 0 Å². The molecule has 1 aliphatic carbocycles. The summed E-state index contributed by atoms with van der Waals surface area (Å²) in [6, 6.07) is 0.654. The van der Waals surface area contributed by atoms with E-state index in [2.05, 4.69) is 29.4 Å². The topological polar surface area (TPSA) is 40.7 Å². The maximum atomic E-state index is 4.31. The number of aryl methyl sites for hydroxylation is 1. The molecule has 0 atom stereocenters. The Labute approximate surface area is 85.3 Å². The number of hydrogen-bond donors (Lipinski definition) is 2. The summed E-state index contributed by atoms with van der Waals surface area (Å²) in [6.45, 7) is 4.29. The number of aromatic nitrogens is 2. The molecule has 0 spiro atoms. The Morgan fingerprint density at radius 2 is 2.14 bits per heavy atom. The molecule has 1 fully saturated rings. The minimum atomic E-state index is 0.654. The van der Waals surface area contributed by atoms with Crippen LogP contribution >= 0.6 is 0 Å². The summed E-state index contributed by atoms with van der Waals surface area (Å²) in [5.41, 5.74) is 2.55. The Balaban J connectivity index is 2.04. The number of hydrogen-bond acceptors (Lipinski definition) is 2. The van der Waals surface area contributed by atoms with Crippen LogP contribution in [0.25, 0.3) is 0 Å². The minimum Gasteiger partial charge on any atom is -0.366 e. The van der Waals surface area contributed by atoms with Gasteiger partial charge >= 0.3 is 0 Å². The summed E-state index contributed by atoms with van der Waals surface area (Å²) >= 11 is 0. The average molecular weight is 193 g/mol. The van der Waals surface area contributed by atoms with Gasteiger partial charge in [0.25, 0.3) is 0 Å². The molecule has 14 heavy (non-hydrogen) atoms. The van der Waals surface area contributed by atoms with Gasteiger partial charge in [-0.25, -0.2) is 0 Å². The maximum Gasteiger partial charge on any atom is 0.151 e. The largest absolute Gasteiger partial charge is 0.366 e. The van der Waals surface area contributed by atoms with Crippen LogP contribution < -0.4 is 5.32 Å². The molecule has 0 saturated heterocycles. The SMILES string of the molecule is CCc1[nH]nc(NC2CCCC2)c1C. The monoisotopic (exact) mass is 193 g/mol. The van der Waals surface area contributed by atoms with E-state index in [9.17, 15) is 0 Å². The predicted octanol–water partition coefficient (Wildman–Crippen LogP) is 2.64. The fourth-order valence-electron chi connectivity index (χ4n) is 2.18. The van der Waals surface area contributed by atoms with Gasteiger partial charge in [0.15, 0.2) is 5.82 Å². The molecular formula is C11H19N3. The van der Waals surface area contributed by atoms with Crippen molar-refractivity contribution in [2.45, 2.75) is 52.0 Å². The second-order valence-electron chi connectivity index (χ2n) is 4.16. The fourth-order valence-corrected chi connectivity index (χ4v) is 2.18. The Kier molecular flexibility index (Phi) is 2.75. The van der Waals surface area contributed by atoms with E-state index in [1.165, 1.54) is 36.9 Å². The third kappa shape index (κ3) is 1.76. The highest BCUT2D eigenvalue weighted by atomic mass is 15.2. The van der Waals surface area contributed by atoms with Gasteiger partial charge in [0, 0.05) is 17.3 Å². The van der Waals surface area contributed by atoms with Gasteiger partial charge in [0.2, 0.25) is 0 Å². The van der Waals surface area contributed by atoms with Crippen LogP contribution in [0.1, 0.15) is 43.9 Å². The summed E-state index contributed by atoms with van der Waals surface area (Å²) in [5, 5.41) is 10.9. The van der Waals surface area contributed by atoms with Crippen LogP contribution in [0.2, 0.25) is 0 Å². The first kappa shape index (κ1) is 9.56. The molecule has 3 heteroatoms. The van der Waals surface area contributed by atoms with Gasteiger partial charge in [-0.1, -0.05) is 19.8 Å². The predicted molar refractivity (Wildman–Crippen MR) is 58.6 cm³/mol. The number of rotatable bonds is 3. The van der Waals surface area contributed by atoms with Crippen LogP contribution in [0.3, 0.4) is 0 Å². The first-order valence-electron chi connectivity index (χ1n) is 5.61. The lowest BCUT2D eigenvalue weighted by atomic mass is 10.2. The molecule has 1 aromatic heterocycles. The van der Waals surface area contributed by atoms with Crippen molar-refractivity contribution in [1.29, 1.82) is 0 Å². The van der Waals surface area contributed by atoms with E-state index in [-0.39, 0.29) is 0 Å². The molecule has 0 amide bonds. The third-order valence-electron chi connectivity index (χ3n) is 3.16. The number of nitrogens with zero attached hydrogens (tertiary/aromatic N) is 1. The van der Waals surface area contributed by atoms with Crippen molar-refractivity contribution in [3.63, 3.8) is 0 Å². The van der Waals surface area contributed by atoms with E-state index in [1.54, 1.807) is 0 Å².